The number of rotatable bonds is 8. The Labute approximate surface area is 113 Å². The van der Waals surface area contributed by atoms with E-state index in [2.05, 4.69) is 25.7 Å². The van der Waals surface area contributed by atoms with Gasteiger partial charge in [-0.05, 0) is 25.3 Å². The fourth-order valence-electron chi connectivity index (χ4n) is 2.86. The highest BCUT2D eigenvalue weighted by Crippen LogP contribution is 2.31. The fourth-order valence-corrected chi connectivity index (χ4v) is 2.86. The van der Waals surface area contributed by atoms with E-state index in [0.717, 1.165) is 45.1 Å². The second kappa shape index (κ2) is 8.13. The summed E-state index contributed by atoms with van der Waals surface area (Å²) < 4.78 is 5.44. The van der Waals surface area contributed by atoms with Gasteiger partial charge >= 0.3 is 0 Å². The molecule has 0 saturated carbocycles. The van der Waals surface area contributed by atoms with Crippen LogP contribution in [0.3, 0.4) is 0 Å². The molecule has 1 heterocycles. The molecule has 0 unspecified atom stereocenters. The van der Waals surface area contributed by atoms with Gasteiger partial charge in [-0.3, -0.25) is 0 Å². The van der Waals surface area contributed by atoms with Crippen LogP contribution in [0.25, 0.3) is 0 Å². The van der Waals surface area contributed by atoms with Crippen LogP contribution in [0, 0.1) is 11.3 Å². The van der Waals surface area contributed by atoms with E-state index in [1.807, 2.05) is 0 Å². The Morgan fingerprint density at radius 1 is 1.17 bits per heavy atom. The van der Waals surface area contributed by atoms with E-state index in [-0.39, 0.29) is 5.41 Å². The Hall–Kier alpha value is -0.120. The highest BCUT2D eigenvalue weighted by molar-refractivity contribution is 4.85. The molecule has 0 amide bonds. The van der Waals surface area contributed by atoms with E-state index in [1.54, 1.807) is 0 Å². The third kappa shape index (κ3) is 4.52. The lowest BCUT2D eigenvalue weighted by Gasteiger charge is -2.40. The first-order valence-electron chi connectivity index (χ1n) is 7.60. The largest absolute Gasteiger partial charge is 0.396 e. The Bertz CT molecular complexity index is 211. The molecule has 1 N–H and O–H groups in total. The molecular formula is C15H31NO2. The number of ether oxygens (including phenoxy) is 1. The molecule has 0 aromatic rings. The summed E-state index contributed by atoms with van der Waals surface area (Å²) in [6.07, 6.45) is 4.51. The summed E-state index contributed by atoms with van der Waals surface area (Å²) in [5.41, 5.74) is 0.0836. The molecule has 3 nitrogen and oxygen atoms in total. The number of aliphatic hydroxyl groups excluding tert-OH is 1. The number of nitrogens with zero attached hydrogens (tertiary/aromatic N) is 1. The average molecular weight is 257 g/mol. The first kappa shape index (κ1) is 15.9. The second-order valence-corrected chi connectivity index (χ2v) is 5.78. The maximum Gasteiger partial charge on any atom is 0.0501 e. The molecule has 1 aliphatic rings. The summed E-state index contributed by atoms with van der Waals surface area (Å²) in [5, 5.41) is 9.75. The minimum atomic E-state index is 0.0836. The lowest BCUT2D eigenvalue weighted by Crippen LogP contribution is -2.45. The van der Waals surface area contributed by atoms with Gasteiger partial charge in [0, 0.05) is 31.7 Å². The van der Waals surface area contributed by atoms with Crippen molar-refractivity contribution in [1.82, 2.24) is 4.90 Å². The molecule has 0 aromatic carbocycles. The van der Waals surface area contributed by atoms with Gasteiger partial charge in [-0.1, -0.05) is 33.6 Å². The highest BCUT2D eigenvalue weighted by atomic mass is 16.5. The lowest BCUT2D eigenvalue weighted by atomic mass is 9.80. The normalized spacial score (nSPS) is 19.7. The van der Waals surface area contributed by atoms with Crippen LogP contribution in [-0.2, 0) is 4.74 Å². The summed E-state index contributed by atoms with van der Waals surface area (Å²) >= 11 is 0. The van der Waals surface area contributed by atoms with Crippen LogP contribution in [0.4, 0.5) is 0 Å². The van der Waals surface area contributed by atoms with Crippen LogP contribution in [0.1, 0.15) is 46.5 Å². The van der Waals surface area contributed by atoms with E-state index in [0.29, 0.717) is 6.61 Å². The minimum Gasteiger partial charge on any atom is -0.396 e. The Morgan fingerprint density at radius 3 is 2.22 bits per heavy atom. The van der Waals surface area contributed by atoms with Crippen LogP contribution in [0.2, 0.25) is 0 Å². The highest BCUT2D eigenvalue weighted by Gasteiger charge is 2.33. The molecule has 0 bridgehead atoms. The van der Waals surface area contributed by atoms with Crippen LogP contribution in [0.5, 0.6) is 0 Å². The van der Waals surface area contributed by atoms with Gasteiger partial charge in [-0.25, -0.2) is 0 Å². The summed E-state index contributed by atoms with van der Waals surface area (Å²) in [6, 6.07) is 0. The van der Waals surface area contributed by atoms with Crippen LogP contribution in [-0.4, -0.2) is 49.5 Å². The van der Waals surface area contributed by atoms with Crippen molar-refractivity contribution in [1.29, 1.82) is 0 Å². The maximum atomic E-state index is 9.75. The zero-order chi connectivity index (χ0) is 13.4. The summed E-state index contributed by atoms with van der Waals surface area (Å²) in [7, 11) is 0. The topological polar surface area (TPSA) is 32.7 Å². The van der Waals surface area contributed by atoms with Crippen molar-refractivity contribution in [2.24, 2.45) is 11.3 Å². The van der Waals surface area contributed by atoms with Gasteiger partial charge in [0.1, 0.15) is 0 Å². The number of aliphatic hydroxyl groups is 1. The summed E-state index contributed by atoms with van der Waals surface area (Å²) in [5.74, 6) is 0.792. The lowest BCUT2D eigenvalue weighted by molar-refractivity contribution is -0.0355. The molecule has 0 spiro atoms. The van der Waals surface area contributed by atoms with E-state index in [1.165, 1.54) is 19.4 Å². The summed E-state index contributed by atoms with van der Waals surface area (Å²) in [6.45, 7) is 12.0. The Kier molecular flexibility index (Phi) is 7.20. The minimum absolute atomic E-state index is 0.0836. The molecule has 0 radical (unpaired) electrons. The van der Waals surface area contributed by atoms with Gasteiger partial charge in [0.25, 0.3) is 0 Å². The molecule has 1 rings (SSSR count). The molecule has 1 fully saturated rings. The van der Waals surface area contributed by atoms with Gasteiger partial charge in [0.15, 0.2) is 0 Å². The van der Waals surface area contributed by atoms with Crippen molar-refractivity contribution in [2.75, 3.05) is 39.5 Å². The zero-order valence-corrected chi connectivity index (χ0v) is 12.5. The molecule has 0 aromatic heterocycles. The van der Waals surface area contributed by atoms with Crippen molar-refractivity contribution in [2.45, 2.75) is 46.5 Å². The van der Waals surface area contributed by atoms with Crippen LogP contribution >= 0.6 is 0 Å². The second-order valence-electron chi connectivity index (χ2n) is 5.78. The van der Waals surface area contributed by atoms with Gasteiger partial charge in [-0.15, -0.1) is 0 Å². The summed E-state index contributed by atoms with van der Waals surface area (Å²) in [4.78, 5) is 2.53. The van der Waals surface area contributed by atoms with Crippen LogP contribution < -0.4 is 0 Å². The number of hydrogen-bond acceptors (Lipinski definition) is 3. The third-order valence-corrected chi connectivity index (χ3v) is 4.57. The average Bonchev–Trinajstić information content (AvgIpc) is 2.44. The molecule has 0 atom stereocenters. The molecular weight excluding hydrogens is 226 g/mol. The predicted molar refractivity (Wildman–Crippen MR) is 75.8 cm³/mol. The first-order valence-corrected chi connectivity index (χ1v) is 7.60. The molecule has 0 aliphatic carbocycles. The standard InChI is InChI=1S/C15H31NO2/c1-4-14(5-2)11-16(6-3)12-15(13-17)7-9-18-10-8-15/h14,17H,4-13H2,1-3H3. The van der Waals surface area contributed by atoms with Gasteiger partial charge < -0.3 is 14.7 Å². The van der Waals surface area contributed by atoms with E-state index in [9.17, 15) is 5.11 Å². The van der Waals surface area contributed by atoms with E-state index in [4.69, 9.17) is 4.74 Å². The molecule has 1 aliphatic heterocycles. The molecule has 3 heteroatoms. The van der Waals surface area contributed by atoms with E-state index >= 15 is 0 Å². The van der Waals surface area contributed by atoms with Gasteiger partial charge in [0.2, 0.25) is 0 Å². The van der Waals surface area contributed by atoms with Gasteiger partial charge in [0.05, 0.1) is 6.61 Å². The number of hydrogen-bond donors (Lipinski definition) is 1. The third-order valence-electron chi connectivity index (χ3n) is 4.57. The van der Waals surface area contributed by atoms with Crippen molar-refractivity contribution in [3.8, 4) is 0 Å². The Morgan fingerprint density at radius 2 is 1.78 bits per heavy atom. The Balaban J connectivity index is 2.53. The smallest absolute Gasteiger partial charge is 0.0501 e. The quantitative estimate of drug-likeness (QED) is 0.725. The van der Waals surface area contributed by atoms with Gasteiger partial charge in [-0.2, -0.15) is 0 Å². The maximum absolute atomic E-state index is 9.75. The molecule has 1 saturated heterocycles. The molecule has 18 heavy (non-hydrogen) atoms. The SMILES string of the molecule is CCC(CC)CN(CC)CC1(CO)CCOCC1. The monoisotopic (exact) mass is 257 g/mol. The fraction of sp³-hybridized carbons (Fsp3) is 1.00. The van der Waals surface area contributed by atoms with Crippen molar-refractivity contribution >= 4 is 0 Å². The molecule has 108 valence electrons. The van der Waals surface area contributed by atoms with Crippen molar-refractivity contribution in [3.05, 3.63) is 0 Å². The zero-order valence-electron chi connectivity index (χ0n) is 12.5. The predicted octanol–water partition coefficient (Wildman–Crippen LogP) is 2.53. The van der Waals surface area contributed by atoms with Crippen molar-refractivity contribution < 1.29 is 9.84 Å². The van der Waals surface area contributed by atoms with E-state index < -0.39 is 0 Å². The van der Waals surface area contributed by atoms with Crippen molar-refractivity contribution in [3.63, 3.8) is 0 Å². The first-order chi connectivity index (χ1) is 8.69. The van der Waals surface area contributed by atoms with Crippen LogP contribution in [0.15, 0.2) is 0 Å².